The number of aliphatic hydroxyl groups is 1. The second-order valence-corrected chi connectivity index (χ2v) is 7.42. The Hall–Kier alpha value is -2.48. The Bertz CT molecular complexity index is 936. The molecule has 0 bridgehead atoms. The van der Waals surface area contributed by atoms with Gasteiger partial charge in [-0.15, -0.1) is 0 Å². The first kappa shape index (κ1) is 17.3. The third-order valence-electron chi connectivity index (χ3n) is 3.61. The summed E-state index contributed by atoms with van der Waals surface area (Å²) in [4.78, 5) is 0.0724. The van der Waals surface area contributed by atoms with Gasteiger partial charge in [-0.2, -0.15) is 5.10 Å². The molecule has 1 heterocycles. The Kier molecular flexibility index (Phi) is 4.98. The third kappa shape index (κ3) is 3.96. The van der Waals surface area contributed by atoms with Gasteiger partial charge in [0.05, 0.1) is 18.0 Å². The van der Waals surface area contributed by atoms with E-state index in [9.17, 15) is 13.5 Å². The number of para-hydroxylation sites is 1. The molecule has 0 aliphatic rings. The van der Waals surface area contributed by atoms with Crippen LogP contribution in [0.4, 0.5) is 0 Å². The summed E-state index contributed by atoms with van der Waals surface area (Å²) >= 11 is 0. The number of nitrogens with one attached hydrogen (secondary N) is 1. The zero-order valence-corrected chi connectivity index (χ0v) is 14.5. The van der Waals surface area contributed by atoms with E-state index in [-0.39, 0.29) is 11.4 Å². The Morgan fingerprint density at radius 3 is 2.28 bits per heavy atom. The molecule has 0 spiro atoms. The minimum Gasteiger partial charge on any atom is -0.392 e. The van der Waals surface area contributed by atoms with Crippen LogP contribution in [0.15, 0.2) is 71.8 Å². The third-order valence-corrected chi connectivity index (χ3v) is 5.03. The number of aliphatic hydroxyl groups excluding tert-OH is 1. The van der Waals surface area contributed by atoms with Crippen LogP contribution in [-0.2, 0) is 10.0 Å². The van der Waals surface area contributed by atoms with Crippen LogP contribution in [0.5, 0.6) is 0 Å². The molecule has 6 nitrogen and oxygen atoms in total. The van der Waals surface area contributed by atoms with Crippen LogP contribution in [0, 0.1) is 0 Å². The average molecular weight is 357 g/mol. The van der Waals surface area contributed by atoms with Crippen LogP contribution in [0.3, 0.4) is 0 Å². The topological polar surface area (TPSA) is 84.2 Å². The smallest absolute Gasteiger partial charge is 0.244 e. The molecular formula is C18H19N3O3S. The fourth-order valence-corrected chi connectivity index (χ4v) is 3.64. The molecule has 0 saturated carbocycles. The van der Waals surface area contributed by atoms with Crippen molar-refractivity contribution in [2.75, 3.05) is 6.54 Å². The van der Waals surface area contributed by atoms with Crippen molar-refractivity contribution in [3.05, 3.63) is 66.9 Å². The molecule has 0 fully saturated rings. The molecule has 2 aromatic carbocycles. The number of rotatable bonds is 6. The van der Waals surface area contributed by atoms with E-state index in [1.54, 1.807) is 4.68 Å². The maximum Gasteiger partial charge on any atom is 0.244 e. The van der Waals surface area contributed by atoms with Crippen molar-refractivity contribution in [1.29, 1.82) is 0 Å². The van der Waals surface area contributed by atoms with E-state index >= 15 is 0 Å². The van der Waals surface area contributed by atoms with E-state index in [1.807, 2.05) is 60.7 Å². The summed E-state index contributed by atoms with van der Waals surface area (Å²) < 4.78 is 29.4. The molecule has 1 aromatic heterocycles. The highest BCUT2D eigenvalue weighted by Crippen LogP contribution is 2.27. The number of hydrogen-bond acceptors (Lipinski definition) is 4. The van der Waals surface area contributed by atoms with Crippen molar-refractivity contribution in [2.24, 2.45) is 0 Å². The van der Waals surface area contributed by atoms with Gasteiger partial charge < -0.3 is 5.11 Å². The maximum absolute atomic E-state index is 12.7. The predicted molar refractivity (Wildman–Crippen MR) is 95.9 cm³/mol. The largest absolute Gasteiger partial charge is 0.392 e. The number of nitrogens with zero attached hydrogens (tertiary/aromatic N) is 2. The lowest BCUT2D eigenvalue weighted by molar-refractivity contribution is 0.198. The molecule has 0 radical (unpaired) electrons. The second-order valence-electron chi connectivity index (χ2n) is 5.69. The molecule has 1 atom stereocenters. The summed E-state index contributed by atoms with van der Waals surface area (Å²) in [7, 11) is -3.81. The average Bonchev–Trinajstić information content (AvgIpc) is 3.08. The highest BCUT2D eigenvalue weighted by molar-refractivity contribution is 7.89. The highest BCUT2D eigenvalue weighted by atomic mass is 32.2. The number of benzene rings is 2. The predicted octanol–water partition coefficient (Wildman–Crippen LogP) is 2.20. The minimum atomic E-state index is -3.81. The van der Waals surface area contributed by atoms with E-state index in [4.69, 9.17) is 0 Å². The van der Waals surface area contributed by atoms with Gasteiger partial charge >= 0.3 is 0 Å². The van der Waals surface area contributed by atoms with Crippen molar-refractivity contribution in [1.82, 2.24) is 14.5 Å². The van der Waals surface area contributed by atoms with E-state index in [2.05, 4.69) is 9.82 Å². The van der Waals surface area contributed by atoms with Gasteiger partial charge in [0.2, 0.25) is 10.0 Å². The number of sulfonamides is 1. The van der Waals surface area contributed by atoms with Crippen molar-refractivity contribution >= 4 is 10.0 Å². The molecule has 25 heavy (non-hydrogen) atoms. The van der Waals surface area contributed by atoms with Crippen molar-refractivity contribution in [2.45, 2.75) is 17.9 Å². The minimum absolute atomic E-state index is 0.0624. The molecule has 7 heteroatoms. The summed E-state index contributed by atoms with van der Waals surface area (Å²) in [5.41, 5.74) is 1.83. The Morgan fingerprint density at radius 2 is 1.68 bits per heavy atom. The fraction of sp³-hybridized carbons (Fsp3) is 0.167. The van der Waals surface area contributed by atoms with E-state index in [1.165, 1.54) is 13.1 Å². The lowest BCUT2D eigenvalue weighted by Gasteiger charge is -2.08. The Morgan fingerprint density at radius 1 is 1.08 bits per heavy atom. The molecule has 0 amide bonds. The summed E-state index contributed by atoms with van der Waals surface area (Å²) in [6.45, 7) is 1.46. The SMILES string of the molecule is CC(O)CNS(=O)(=O)c1cn(-c2ccccc2)nc1-c1ccccc1. The molecule has 0 saturated heterocycles. The van der Waals surface area contributed by atoms with E-state index in [0.717, 1.165) is 5.69 Å². The van der Waals surface area contributed by atoms with E-state index in [0.29, 0.717) is 11.3 Å². The zero-order chi connectivity index (χ0) is 17.9. The molecular weight excluding hydrogens is 338 g/mol. The first-order valence-electron chi connectivity index (χ1n) is 7.85. The number of hydrogen-bond donors (Lipinski definition) is 2. The van der Waals surface area contributed by atoms with Crippen LogP contribution in [-0.4, -0.2) is 36.0 Å². The Balaban J connectivity index is 2.11. The quantitative estimate of drug-likeness (QED) is 0.708. The molecule has 3 aromatic rings. The van der Waals surface area contributed by atoms with Crippen molar-refractivity contribution < 1.29 is 13.5 Å². The zero-order valence-electron chi connectivity index (χ0n) is 13.7. The molecule has 0 aliphatic carbocycles. The van der Waals surface area contributed by atoms with Gasteiger partial charge in [0.1, 0.15) is 10.6 Å². The van der Waals surface area contributed by atoms with Crippen molar-refractivity contribution in [3.8, 4) is 16.9 Å². The van der Waals surface area contributed by atoms with Crippen LogP contribution in [0.2, 0.25) is 0 Å². The second kappa shape index (κ2) is 7.18. The monoisotopic (exact) mass is 357 g/mol. The summed E-state index contributed by atoms with van der Waals surface area (Å²) in [6.07, 6.45) is 0.710. The first-order valence-corrected chi connectivity index (χ1v) is 9.34. The van der Waals surface area contributed by atoms with Gasteiger partial charge in [-0.3, -0.25) is 0 Å². The summed E-state index contributed by atoms with van der Waals surface area (Å²) in [5, 5.41) is 13.9. The fourth-order valence-electron chi connectivity index (χ4n) is 2.37. The molecule has 1 unspecified atom stereocenters. The maximum atomic E-state index is 12.7. The lowest BCUT2D eigenvalue weighted by atomic mass is 10.2. The van der Waals surface area contributed by atoms with Gasteiger partial charge in [-0.25, -0.2) is 17.8 Å². The number of aromatic nitrogens is 2. The van der Waals surface area contributed by atoms with Crippen LogP contribution in [0.1, 0.15) is 6.92 Å². The van der Waals surface area contributed by atoms with Gasteiger partial charge in [0, 0.05) is 12.1 Å². The lowest BCUT2D eigenvalue weighted by Crippen LogP contribution is -2.30. The molecule has 0 aliphatic heterocycles. The Labute approximate surface area is 146 Å². The molecule has 3 rings (SSSR count). The highest BCUT2D eigenvalue weighted by Gasteiger charge is 2.24. The van der Waals surface area contributed by atoms with Gasteiger partial charge in [0.25, 0.3) is 0 Å². The van der Waals surface area contributed by atoms with Crippen LogP contribution < -0.4 is 4.72 Å². The van der Waals surface area contributed by atoms with Gasteiger partial charge in [-0.1, -0.05) is 48.5 Å². The standard InChI is InChI=1S/C18H19N3O3S/c1-14(22)12-19-25(23,24)17-13-21(16-10-6-3-7-11-16)20-18(17)15-8-4-2-5-9-15/h2-11,13-14,19,22H,12H2,1H3. The molecule has 130 valence electrons. The molecule has 2 N–H and O–H groups in total. The van der Waals surface area contributed by atoms with Gasteiger partial charge in [0.15, 0.2) is 0 Å². The summed E-state index contributed by atoms with van der Waals surface area (Å²) in [5.74, 6) is 0. The normalized spacial score (nSPS) is 12.9. The van der Waals surface area contributed by atoms with Crippen LogP contribution in [0.25, 0.3) is 16.9 Å². The van der Waals surface area contributed by atoms with E-state index < -0.39 is 16.1 Å². The first-order chi connectivity index (χ1) is 12.0. The van der Waals surface area contributed by atoms with Crippen molar-refractivity contribution in [3.63, 3.8) is 0 Å². The summed E-state index contributed by atoms with van der Waals surface area (Å²) in [6, 6.07) is 18.4. The van der Waals surface area contributed by atoms with Crippen LogP contribution >= 0.6 is 0 Å². The van der Waals surface area contributed by atoms with Gasteiger partial charge in [-0.05, 0) is 19.1 Å².